The van der Waals surface area contributed by atoms with Gasteiger partial charge in [-0.05, 0) is 47.0 Å². The van der Waals surface area contributed by atoms with Crippen LogP contribution >= 0.6 is 0 Å². The molecule has 0 radical (unpaired) electrons. The molecule has 1 atom stereocenters. The van der Waals surface area contributed by atoms with Gasteiger partial charge in [-0.2, -0.15) is 0 Å². The van der Waals surface area contributed by atoms with Crippen LogP contribution < -0.4 is 0 Å². The average Bonchev–Trinajstić information content (AvgIpc) is 2.47. The number of carbonyl (C=O) groups excluding carboxylic acids is 1. The normalized spacial score (nSPS) is 21.0. The standard InChI is InChI=1S/C13H23NO2/c1-10(2)9-11-7-6-8-14(11)12(15)16-13(3,4)5/h11H,1,6-9H2,2-5H3. The maximum absolute atomic E-state index is 11.9. The van der Waals surface area contributed by atoms with E-state index in [1.807, 2.05) is 32.6 Å². The molecule has 92 valence electrons. The van der Waals surface area contributed by atoms with Gasteiger partial charge in [-0.15, -0.1) is 6.58 Å². The Hall–Kier alpha value is -0.990. The zero-order chi connectivity index (χ0) is 12.3. The fraction of sp³-hybridized carbons (Fsp3) is 0.769. The van der Waals surface area contributed by atoms with E-state index in [4.69, 9.17) is 4.74 Å². The van der Waals surface area contributed by atoms with Gasteiger partial charge in [-0.1, -0.05) is 5.57 Å². The van der Waals surface area contributed by atoms with Crippen LogP contribution in [0.25, 0.3) is 0 Å². The highest BCUT2D eigenvalue weighted by Gasteiger charge is 2.31. The van der Waals surface area contributed by atoms with Crippen molar-refractivity contribution in [3.8, 4) is 0 Å². The fourth-order valence-corrected chi connectivity index (χ4v) is 2.01. The second-order valence-corrected chi connectivity index (χ2v) is 5.63. The predicted octanol–water partition coefficient (Wildman–Crippen LogP) is 3.35. The Balaban J connectivity index is 2.57. The molecule has 1 amide bonds. The molecule has 1 heterocycles. The number of ether oxygens (including phenoxy) is 1. The molecule has 1 rings (SSSR count). The first-order valence-electron chi connectivity index (χ1n) is 5.93. The maximum Gasteiger partial charge on any atom is 0.410 e. The van der Waals surface area contributed by atoms with E-state index in [0.717, 1.165) is 31.4 Å². The van der Waals surface area contributed by atoms with Gasteiger partial charge >= 0.3 is 6.09 Å². The molecule has 0 bridgehead atoms. The summed E-state index contributed by atoms with van der Waals surface area (Å²) in [5, 5.41) is 0. The van der Waals surface area contributed by atoms with Crippen molar-refractivity contribution >= 4 is 6.09 Å². The Morgan fingerprint density at radius 1 is 1.50 bits per heavy atom. The van der Waals surface area contributed by atoms with E-state index in [-0.39, 0.29) is 12.1 Å². The zero-order valence-corrected chi connectivity index (χ0v) is 10.9. The summed E-state index contributed by atoms with van der Waals surface area (Å²) in [5.74, 6) is 0. The molecular formula is C13H23NO2. The van der Waals surface area contributed by atoms with Gasteiger partial charge < -0.3 is 9.64 Å². The van der Waals surface area contributed by atoms with E-state index in [9.17, 15) is 4.79 Å². The van der Waals surface area contributed by atoms with Gasteiger partial charge in [0.1, 0.15) is 5.60 Å². The van der Waals surface area contributed by atoms with E-state index in [1.165, 1.54) is 0 Å². The molecule has 0 saturated carbocycles. The summed E-state index contributed by atoms with van der Waals surface area (Å²) < 4.78 is 5.39. The molecule has 1 aliphatic heterocycles. The SMILES string of the molecule is C=C(C)CC1CCCN1C(=O)OC(C)(C)C. The van der Waals surface area contributed by atoms with Crippen molar-refractivity contribution in [3.05, 3.63) is 12.2 Å². The minimum absolute atomic E-state index is 0.184. The molecule has 3 heteroatoms. The number of hydrogen-bond acceptors (Lipinski definition) is 2. The van der Waals surface area contributed by atoms with Crippen LogP contribution in [0.1, 0.15) is 47.0 Å². The first-order valence-corrected chi connectivity index (χ1v) is 5.93. The van der Waals surface area contributed by atoms with Gasteiger partial charge in [-0.3, -0.25) is 0 Å². The van der Waals surface area contributed by atoms with Crippen LogP contribution in [0.15, 0.2) is 12.2 Å². The van der Waals surface area contributed by atoms with Gasteiger partial charge in [0.15, 0.2) is 0 Å². The van der Waals surface area contributed by atoms with Crippen molar-refractivity contribution in [1.82, 2.24) is 4.90 Å². The number of likely N-dealkylation sites (tertiary alicyclic amines) is 1. The first-order chi connectivity index (χ1) is 7.29. The molecule has 1 aliphatic rings. The lowest BCUT2D eigenvalue weighted by atomic mass is 10.1. The van der Waals surface area contributed by atoms with Crippen molar-refractivity contribution < 1.29 is 9.53 Å². The number of hydrogen-bond donors (Lipinski definition) is 0. The van der Waals surface area contributed by atoms with Gasteiger partial charge in [-0.25, -0.2) is 4.79 Å². The summed E-state index contributed by atoms with van der Waals surface area (Å²) >= 11 is 0. The quantitative estimate of drug-likeness (QED) is 0.674. The van der Waals surface area contributed by atoms with E-state index in [2.05, 4.69) is 6.58 Å². The van der Waals surface area contributed by atoms with Crippen LogP contribution in [0, 0.1) is 0 Å². The van der Waals surface area contributed by atoms with E-state index < -0.39 is 5.60 Å². The molecule has 3 nitrogen and oxygen atoms in total. The number of carbonyl (C=O) groups is 1. The van der Waals surface area contributed by atoms with Gasteiger partial charge in [0.25, 0.3) is 0 Å². The molecular weight excluding hydrogens is 202 g/mol. The largest absolute Gasteiger partial charge is 0.444 e. The highest BCUT2D eigenvalue weighted by atomic mass is 16.6. The molecule has 1 fully saturated rings. The minimum Gasteiger partial charge on any atom is -0.444 e. The lowest BCUT2D eigenvalue weighted by molar-refractivity contribution is 0.0227. The Bertz CT molecular complexity index is 278. The minimum atomic E-state index is -0.409. The van der Waals surface area contributed by atoms with E-state index in [1.54, 1.807) is 0 Å². The van der Waals surface area contributed by atoms with E-state index in [0.29, 0.717) is 0 Å². The molecule has 0 aromatic heterocycles. The Labute approximate surface area is 98.5 Å². The second kappa shape index (κ2) is 4.89. The summed E-state index contributed by atoms with van der Waals surface area (Å²) in [4.78, 5) is 13.8. The topological polar surface area (TPSA) is 29.5 Å². The molecule has 0 aliphatic carbocycles. The summed E-state index contributed by atoms with van der Waals surface area (Å²) in [6, 6.07) is 0.285. The maximum atomic E-state index is 11.9. The molecule has 0 aromatic rings. The summed E-state index contributed by atoms with van der Waals surface area (Å²) in [5.41, 5.74) is 0.716. The zero-order valence-electron chi connectivity index (χ0n) is 10.9. The van der Waals surface area contributed by atoms with Crippen LogP contribution in [0.4, 0.5) is 4.79 Å². The van der Waals surface area contributed by atoms with Crippen molar-refractivity contribution in [1.29, 1.82) is 0 Å². The predicted molar refractivity (Wildman–Crippen MR) is 65.4 cm³/mol. The van der Waals surface area contributed by atoms with Crippen LogP contribution in [-0.2, 0) is 4.74 Å². The average molecular weight is 225 g/mol. The third-order valence-electron chi connectivity index (χ3n) is 2.59. The highest BCUT2D eigenvalue weighted by molar-refractivity contribution is 5.69. The van der Waals surface area contributed by atoms with Crippen LogP contribution in [0.5, 0.6) is 0 Å². The molecule has 1 unspecified atom stereocenters. The summed E-state index contributed by atoms with van der Waals surface area (Å²) in [6.07, 6.45) is 2.83. The van der Waals surface area contributed by atoms with Crippen molar-refractivity contribution in [2.75, 3.05) is 6.54 Å². The van der Waals surface area contributed by atoms with Crippen LogP contribution in [0.3, 0.4) is 0 Å². The molecule has 0 spiro atoms. The third kappa shape index (κ3) is 3.87. The van der Waals surface area contributed by atoms with Crippen molar-refractivity contribution in [3.63, 3.8) is 0 Å². The number of nitrogens with zero attached hydrogens (tertiary/aromatic N) is 1. The Morgan fingerprint density at radius 3 is 2.62 bits per heavy atom. The van der Waals surface area contributed by atoms with Gasteiger partial charge in [0.05, 0.1) is 0 Å². The van der Waals surface area contributed by atoms with Gasteiger partial charge in [0, 0.05) is 12.6 Å². The van der Waals surface area contributed by atoms with E-state index >= 15 is 0 Å². The number of amides is 1. The molecule has 16 heavy (non-hydrogen) atoms. The lowest BCUT2D eigenvalue weighted by Gasteiger charge is -2.28. The molecule has 0 N–H and O–H groups in total. The van der Waals surface area contributed by atoms with Crippen LogP contribution in [0.2, 0.25) is 0 Å². The second-order valence-electron chi connectivity index (χ2n) is 5.63. The van der Waals surface area contributed by atoms with Crippen LogP contribution in [-0.4, -0.2) is 29.2 Å². The summed E-state index contributed by atoms with van der Waals surface area (Å²) in [7, 11) is 0. The Morgan fingerprint density at radius 2 is 2.12 bits per heavy atom. The highest BCUT2D eigenvalue weighted by Crippen LogP contribution is 2.24. The lowest BCUT2D eigenvalue weighted by Crippen LogP contribution is -2.39. The fourth-order valence-electron chi connectivity index (χ4n) is 2.01. The third-order valence-corrected chi connectivity index (χ3v) is 2.59. The molecule has 1 saturated heterocycles. The monoisotopic (exact) mass is 225 g/mol. The first kappa shape index (κ1) is 13.1. The summed E-state index contributed by atoms with van der Waals surface area (Å²) in [6.45, 7) is 12.4. The number of rotatable bonds is 2. The van der Waals surface area contributed by atoms with Crippen molar-refractivity contribution in [2.24, 2.45) is 0 Å². The van der Waals surface area contributed by atoms with Gasteiger partial charge in [0.2, 0.25) is 0 Å². The Kier molecular flexibility index (Phi) is 4.00. The molecule has 0 aromatic carbocycles. The van der Waals surface area contributed by atoms with Crippen molar-refractivity contribution in [2.45, 2.75) is 58.6 Å². The smallest absolute Gasteiger partial charge is 0.410 e.